The third-order valence-electron chi connectivity index (χ3n) is 7.23. The van der Waals surface area contributed by atoms with Gasteiger partial charge in [-0.15, -0.1) is 0 Å². The predicted molar refractivity (Wildman–Crippen MR) is 149 cm³/mol. The first kappa shape index (κ1) is 21.7. The molecule has 1 aliphatic rings. The summed E-state index contributed by atoms with van der Waals surface area (Å²) in [6.07, 6.45) is 0. The minimum atomic E-state index is 0.0964. The molecule has 5 aromatic carbocycles. The summed E-state index contributed by atoms with van der Waals surface area (Å²) < 4.78 is 6.81. The maximum atomic E-state index is 6.81. The van der Waals surface area contributed by atoms with Gasteiger partial charge in [0.15, 0.2) is 11.5 Å². The smallest absolute Gasteiger partial charge is 0.159 e. The van der Waals surface area contributed by atoms with Gasteiger partial charge in [-0.3, -0.25) is 0 Å². The van der Waals surface area contributed by atoms with Crippen LogP contribution in [0.15, 0.2) is 78.9 Å². The van der Waals surface area contributed by atoms with Gasteiger partial charge >= 0.3 is 0 Å². The molecule has 174 valence electrons. The summed E-state index contributed by atoms with van der Waals surface area (Å²) in [6, 6.07) is 28.6. The molecule has 0 saturated heterocycles. The highest BCUT2D eigenvalue weighted by Crippen LogP contribution is 2.56. The van der Waals surface area contributed by atoms with Gasteiger partial charge in [0.1, 0.15) is 0 Å². The fourth-order valence-corrected chi connectivity index (χ4v) is 5.42. The fourth-order valence-electron chi connectivity index (χ4n) is 5.42. The SMILES string of the molecule is Cc1ccc2c3c(ccc2c1)N(c1c(C)cc(C(C)(C)C)cc1C)c1ccc2ccccc2c1O3. The van der Waals surface area contributed by atoms with Crippen LogP contribution in [0.3, 0.4) is 0 Å². The lowest BCUT2D eigenvalue weighted by atomic mass is 9.84. The van der Waals surface area contributed by atoms with Crippen molar-refractivity contribution in [2.75, 3.05) is 4.90 Å². The van der Waals surface area contributed by atoms with Gasteiger partial charge in [-0.1, -0.05) is 93.1 Å². The lowest BCUT2D eigenvalue weighted by Crippen LogP contribution is -2.19. The number of nitrogens with zero attached hydrogens (tertiary/aromatic N) is 1. The number of anilines is 3. The standard InChI is InChI=1S/C33H31NO/c1-20-11-14-27-24(17-20)13-16-29-32(27)35-31-26-10-8-7-9-23(26)12-15-28(31)34(29)30-21(2)18-25(19-22(30)3)33(4,5)6/h7-19H,1-6H3. The number of hydrogen-bond donors (Lipinski definition) is 0. The van der Waals surface area contributed by atoms with Gasteiger partial charge in [-0.05, 0) is 65.8 Å². The third kappa shape index (κ3) is 3.39. The first-order valence-corrected chi connectivity index (χ1v) is 12.4. The molecule has 0 spiro atoms. The second-order valence-corrected chi connectivity index (χ2v) is 10.9. The van der Waals surface area contributed by atoms with Gasteiger partial charge in [-0.25, -0.2) is 0 Å². The number of fused-ring (bicyclic) bond motifs is 6. The molecule has 0 bridgehead atoms. The van der Waals surface area contributed by atoms with Crippen LogP contribution in [0.4, 0.5) is 17.1 Å². The Morgan fingerprint density at radius 2 is 1.23 bits per heavy atom. The summed E-state index contributed by atoms with van der Waals surface area (Å²) in [7, 11) is 0. The third-order valence-corrected chi connectivity index (χ3v) is 7.23. The van der Waals surface area contributed by atoms with Crippen molar-refractivity contribution in [3.8, 4) is 11.5 Å². The van der Waals surface area contributed by atoms with E-state index in [0.717, 1.165) is 33.6 Å². The van der Waals surface area contributed by atoms with Crippen molar-refractivity contribution in [3.05, 3.63) is 101 Å². The van der Waals surface area contributed by atoms with E-state index in [1.807, 2.05) is 0 Å². The number of benzene rings is 5. The molecule has 0 aliphatic carbocycles. The van der Waals surface area contributed by atoms with Gasteiger partial charge in [0, 0.05) is 10.8 Å². The van der Waals surface area contributed by atoms with E-state index >= 15 is 0 Å². The first-order chi connectivity index (χ1) is 16.7. The van der Waals surface area contributed by atoms with Crippen molar-refractivity contribution in [1.82, 2.24) is 0 Å². The topological polar surface area (TPSA) is 12.5 Å². The minimum Gasteiger partial charge on any atom is -0.452 e. The Morgan fingerprint density at radius 3 is 1.89 bits per heavy atom. The number of hydrogen-bond acceptors (Lipinski definition) is 2. The van der Waals surface area contributed by atoms with Crippen LogP contribution >= 0.6 is 0 Å². The monoisotopic (exact) mass is 457 g/mol. The summed E-state index contributed by atoms with van der Waals surface area (Å²) in [5.74, 6) is 1.84. The molecule has 35 heavy (non-hydrogen) atoms. The molecule has 0 fully saturated rings. The molecule has 5 aromatic rings. The highest BCUT2D eigenvalue weighted by molar-refractivity contribution is 6.04. The van der Waals surface area contributed by atoms with Crippen LogP contribution in [0.5, 0.6) is 11.5 Å². The molecule has 0 N–H and O–H groups in total. The maximum Gasteiger partial charge on any atom is 0.159 e. The van der Waals surface area contributed by atoms with Gasteiger partial charge in [0.25, 0.3) is 0 Å². The van der Waals surface area contributed by atoms with E-state index in [1.165, 1.54) is 38.7 Å². The normalized spacial score (nSPS) is 13.0. The molecular weight excluding hydrogens is 426 g/mol. The Kier molecular flexibility index (Phi) is 4.73. The maximum absolute atomic E-state index is 6.81. The molecule has 0 aromatic heterocycles. The Morgan fingerprint density at radius 1 is 0.629 bits per heavy atom. The fraction of sp³-hybridized carbons (Fsp3) is 0.212. The van der Waals surface area contributed by atoms with Crippen molar-refractivity contribution >= 4 is 38.6 Å². The van der Waals surface area contributed by atoms with Crippen molar-refractivity contribution in [3.63, 3.8) is 0 Å². The van der Waals surface area contributed by atoms with Crippen molar-refractivity contribution in [2.45, 2.75) is 47.0 Å². The highest BCUT2D eigenvalue weighted by atomic mass is 16.5. The molecule has 2 heteroatoms. The first-order valence-electron chi connectivity index (χ1n) is 12.4. The Labute approximate surface area is 207 Å². The van der Waals surface area contributed by atoms with E-state index in [2.05, 4.69) is 125 Å². The van der Waals surface area contributed by atoms with E-state index in [4.69, 9.17) is 4.74 Å². The van der Waals surface area contributed by atoms with Crippen LogP contribution in [0.25, 0.3) is 21.5 Å². The molecule has 0 radical (unpaired) electrons. The van der Waals surface area contributed by atoms with E-state index < -0.39 is 0 Å². The molecule has 2 nitrogen and oxygen atoms in total. The highest BCUT2D eigenvalue weighted by Gasteiger charge is 2.31. The molecule has 1 aliphatic heterocycles. The van der Waals surface area contributed by atoms with Crippen LogP contribution in [-0.4, -0.2) is 0 Å². The largest absolute Gasteiger partial charge is 0.452 e. The second kappa shape index (κ2) is 7.61. The summed E-state index contributed by atoms with van der Waals surface area (Å²) in [4.78, 5) is 2.41. The molecule has 0 amide bonds. The van der Waals surface area contributed by atoms with E-state index in [0.29, 0.717) is 0 Å². The van der Waals surface area contributed by atoms with E-state index in [9.17, 15) is 0 Å². The van der Waals surface area contributed by atoms with Crippen LogP contribution in [-0.2, 0) is 5.41 Å². The van der Waals surface area contributed by atoms with Crippen LogP contribution in [0.1, 0.15) is 43.0 Å². The molecule has 0 unspecified atom stereocenters. The molecular formula is C33H31NO. The molecule has 0 atom stereocenters. The van der Waals surface area contributed by atoms with Gasteiger partial charge in [0.2, 0.25) is 0 Å². The number of ether oxygens (including phenoxy) is 1. The second-order valence-electron chi connectivity index (χ2n) is 10.9. The number of rotatable bonds is 1. The van der Waals surface area contributed by atoms with Crippen molar-refractivity contribution in [2.24, 2.45) is 0 Å². The van der Waals surface area contributed by atoms with E-state index in [1.54, 1.807) is 0 Å². The zero-order chi connectivity index (χ0) is 24.5. The summed E-state index contributed by atoms with van der Waals surface area (Å²) in [5, 5.41) is 4.65. The van der Waals surface area contributed by atoms with Crippen molar-refractivity contribution in [1.29, 1.82) is 0 Å². The van der Waals surface area contributed by atoms with Gasteiger partial charge in [-0.2, -0.15) is 0 Å². The Balaban J connectivity index is 1.69. The number of aryl methyl sites for hydroxylation is 3. The Hall–Kier alpha value is -3.78. The lowest BCUT2D eigenvalue weighted by Gasteiger charge is -2.36. The summed E-state index contributed by atoms with van der Waals surface area (Å²) in [6.45, 7) is 13.4. The van der Waals surface area contributed by atoms with Crippen molar-refractivity contribution < 1.29 is 4.74 Å². The van der Waals surface area contributed by atoms with Gasteiger partial charge in [0.05, 0.1) is 17.1 Å². The molecule has 6 rings (SSSR count). The van der Waals surface area contributed by atoms with Crippen LogP contribution < -0.4 is 9.64 Å². The zero-order valence-corrected chi connectivity index (χ0v) is 21.4. The quantitative estimate of drug-likeness (QED) is 0.244. The minimum absolute atomic E-state index is 0.0964. The molecule has 1 heterocycles. The van der Waals surface area contributed by atoms with Crippen LogP contribution in [0.2, 0.25) is 0 Å². The zero-order valence-electron chi connectivity index (χ0n) is 21.4. The Bertz CT molecular complexity index is 1610. The average Bonchev–Trinajstić information content (AvgIpc) is 2.82. The average molecular weight is 458 g/mol. The summed E-state index contributed by atoms with van der Waals surface area (Å²) in [5.41, 5.74) is 8.63. The van der Waals surface area contributed by atoms with Crippen LogP contribution in [0, 0.1) is 20.8 Å². The summed E-state index contributed by atoms with van der Waals surface area (Å²) >= 11 is 0. The predicted octanol–water partition coefficient (Wildman–Crippen LogP) is 9.79. The van der Waals surface area contributed by atoms with E-state index in [-0.39, 0.29) is 5.41 Å². The van der Waals surface area contributed by atoms with Gasteiger partial charge < -0.3 is 9.64 Å². The lowest BCUT2D eigenvalue weighted by molar-refractivity contribution is 0.488. The molecule has 0 saturated carbocycles.